The third-order valence-electron chi connectivity index (χ3n) is 2.57. The van der Waals surface area contributed by atoms with Crippen LogP contribution in [0.1, 0.15) is 5.56 Å². The van der Waals surface area contributed by atoms with Crippen LogP contribution in [0.15, 0.2) is 29.8 Å². The molecule has 0 spiro atoms. The number of alkyl halides is 3. The number of carbonyl (C=O) groups is 2. The topological polar surface area (TPSA) is 88.4 Å². The number of carbonyl (C=O) groups excluding carboxylic acids is 2. The minimum Gasteiger partial charge on any atom is -0.459 e. The predicted octanol–water partition coefficient (Wildman–Crippen LogP) is 2.28. The van der Waals surface area contributed by atoms with E-state index in [1.807, 2.05) is 0 Å². The molecular weight excluding hydrogens is 329 g/mol. The van der Waals surface area contributed by atoms with E-state index in [-0.39, 0.29) is 30.0 Å². The number of anilines is 1. The molecule has 0 atom stereocenters. The van der Waals surface area contributed by atoms with Crippen molar-refractivity contribution in [2.45, 2.75) is 6.18 Å². The molecule has 0 bridgehead atoms. The van der Waals surface area contributed by atoms with Crippen LogP contribution in [0.3, 0.4) is 0 Å². The number of nitrogens with zero attached hydrogens (tertiary/aromatic N) is 1. The van der Waals surface area contributed by atoms with E-state index >= 15 is 0 Å². The SMILES string of the molecule is COCCOC(=O)/C(C#N)=C/c1cccc(NC(=O)C(F)(F)F)c1. The Balaban J connectivity index is 2.89. The summed E-state index contributed by atoms with van der Waals surface area (Å²) in [5, 5.41) is 10.6. The quantitative estimate of drug-likeness (QED) is 0.371. The molecule has 128 valence electrons. The van der Waals surface area contributed by atoms with E-state index in [9.17, 15) is 22.8 Å². The van der Waals surface area contributed by atoms with Crippen molar-refractivity contribution in [3.63, 3.8) is 0 Å². The van der Waals surface area contributed by atoms with Crippen LogP contribution in [-0.2, 0) is 19.1 Å². The zero-order chi connectivity index (χ0) is 18.2. The summed E-state index contributed by atoms with van der Waals surface area (Å²) < 4.78 is 46.1. The van der Waals surface area contributed by atoms with E-state index in [4.69, 9.17) is 14.7 Å². The van der Waals surface area contributed by atoms with Crippen LogP contribution in [0.4, 0.5) is 18.9 Å². The maximum atomic E-state index is 12.2. The summed E-state index contributed by atoms with van der Waals surface area (Å²) in [5.41, 5.74) is -0.225. The average molecular weight is 342 g/mol. The molecule has 0 radical (unpaired) electrons. The molecule has 1 N–H and O–H groups in total. The lowest BCUT2D eigenvalue weighted by Gasteiger charge is -2.08. The largest absolute Gasteiger partial charge is 0.471 e. The molecule has 24 heavy (non-hydrogen) atoms. The van der Waals surface area contributed by atoms with Crippen LogP contribution in [-0.4, -0.2) is 38.4 Å². The van der Waals surface area contributed by atoms with Crippen LogP contribution in [0.2, 0.25) is 0 Å². The molecule has 0 heterocycles. The third kappa shape index (κ3) is 6.10. The van der Waals surface area contributed by atoms with Gasteiger partial charge in [0.15, 0.2) is 0 Å². The number of ether oxygens (including phenoxy) is 2. The zero-order valence-electron chi connectivity index (χ0n) is 12.5. The number of nitriles is 1. The van der Waals surface area contributed by atoms with Gasteiger partial charge in [-0.1, -0.05) is 12.1 Å². The lowest BCUT2D eigenvalue weighted by Crippen LogP contribution is -2.29. The van der Waals surface area contributed by atoms with Crippen LogP contribution in [0.5, 0.6) is 0 Å². The third-order valence-corrected chi connectivity index (χ3v) is 2.57. The molecule has 9 heteroatoms. The summed E-state index contributed by atoms with van der Waals surface area (Å²) in [6.45, 7) is 0.111. The van der Waals surface area contributed by atoms with Gasteiger partial charge >= 0.3 is 18.1 Å². The number of hydrogen-bond donors (Lipinski definition) is 1. The number of amides is 1. The molecule has 0 unspecified atom stereocenters. The molecule has 0 aliphatic heterocycles. The van der Waals surface area contributed by atoms with Crippen molar-refractivity contribution in [1.29, 1.82) is 5.26 Å². The summed E-state index contributed by atoms with van der Waals surface area (Å²) >= 11 is 0. The molecule has 0 saturated heterocycles. The molecule has 1 amide bonds. The van der Waals surface area contributed by atoms with Gasteiger partial charge in [-0.25, -0.2) is 4.79 Å². The highest BCUT2D eigenvalue weighted by atomic mass is 19.4. The molecule has 0 saturated carbocycles. The van der Waals surface area contributed by atoms with Crippen LogP contribution < -0.4 is 5.32 Å². The van der Waals surface area contributed by atoms with E-state index in [2.05, 4.69) is 0 Å². The number of nitrogens with one attached hydrogen (secondary N) is 1. The fourth-order valence-corrected chi connectivity index (χ4v) is 1.51. The van der Waals surface area contributed by atoms with Gasteiger partial charge in [-0.05, 0) is 23.8 Å². The fourth-order valence-electron chi connectivity index (χ4n) is 1.51. The van der Waals surface area contributed by atoms with Gasteiger partial charge < -0.3 is 14.8 Å². The number of methoxy groups -OCH3 is 1. The Morgan fingerprint density at radius 2 is 2.04 bits per heavy atom. The highest BCUT2D eigenvalue weighted by Gasteiger charge is 2.38. The average Bonchev–Trinajstić information content (AvgIpc) is 2.52. The molecular formula is C15H13F3N2O4. The Hall–Kier alpha value is -2.86. The Bertz CT molecular complexity index is 678. The first-order valence-corrected chi connectivity index (χ1v) is 6.54. The normalized spacial score (nSPS) is 11.5. The van der Waals surface area contributed by atoms with Gasteiger partial charge in [-0.3, -0.25) is 4.79 Å². The van der Waals surface area contributed by atoms with Crippen molar-refractivity contribution in [2.75, 3.05) is 25.6 Å². The molecule has 1 aromatic rings. The highest BCUT2D eigenvalue weighted by molar-refractivity contribution is 5.98. The van der Waals surface area contributed by atoms with E-state index in [0.29, 0.717) is 0 Å². The second kappa shape index (κ2) is 8.69. The Kier molecular flexibility index (Phi) is 6.95. The Morgan fingerprint density at radius 3 is 2.62 bits per heavy atom. The lowest BCUT2D eigenvalue weighted by atomic mass is 10.1. The van der Waals surface area contributed by atoms with E-state index < -0.39 is 18.1 Å². The van der Waals surface area contributed by atoms with Gasteiger partial charge in [-0.2, -0.15) is 18.4 Å². The fraction of sp³-hybridized carbons (Fsp3) is 0.267. The van der Waals surface area contributed by atoms with Gasteiger partial charge in [0.05, 0.1) is 6.61 Å². The van der Waals surface area contributed by atoms with Gasteiger partial charge in [-0.15, -0.1) is 0 Å². The second-order valence-electron chi connectivity index (χ2n) is 4.38. The van der Waals surface area contributed by atoms with Crippen molar-refractivity contribution < 1.29 is 32.2 Å². The number of hydrogen-bond acceptors (Lipinski definition) is 5. The number of halogens is 3. The van der Waals surface area contributed by atoms with Crippen molar-refractivity contribution in [1.82, 2.24) is 0 Å². The molecule has 0 fully saturated rings. The number of benzene rings is 1. The summed E-state index contributed by atoms with van der Waals surface area (Å²) in [7, 11) is 1.41. The number of esters is 1. The smallest absolute Gasteiger partial charge is 0.459 e. The van der Waals surface area contributed by atoms with Crippen molar-refractivity contribution in [3.05, 3.63) is 35.4 Å². The van der Waals surface area contributed by atoms with Crippen LogP contribution >= 0.6 is 0 Å². The molecule has 6 nitrogen and oxygen atoms in total. The minimum absolute atomic E-state index is 0.0456. The van der Waals surface area contributed by atoms with Crippen LogP contribution in [0.25, 0.3) is 6.08 Å². The Morgan fingerprint density at radius 1 is 1.33 bits per heavy atom. The lowest BCUT2D eigenvalue weighted by molar-refractivity contribution is -0.167. The van der Waals surface area contributed by atoms with Gasteiger partial charge in [0.2, 0.25) is 0 Å². The summed E-state index contributed by atoms with van der Waals surface area (Å²) in [5.74, 6) is -3.01. The van der Waals surface area contributed by atoms with E-state index in [1.54, 1.807) is 11.4 Å². The summed E-state index contributed by atoms with van der Waals surface area (Å²) in [6.07, 6.45) is -3.88. The molecule has 1 aromatic carbocycles. The standard InChI is InChI=1S/C15H13F3N2O4/c1-23-5-6-24-13(21)11(9-19)7-10-3-2-4-12(8-10)20-14(22)15(16,17)18/h2-4,7-8H,5-6H2,1H3,(H,20,22)/b11-7+. The predicted molar refractivity (Wildman–Crippen MR) is 77.6 cm³/mol. The second-order valence-corrected chi connectivity index (χ2v) is 4.38. The maximum Gasteiger partial charge on any atom is 0.471 e. The molecule has 0 aromatic heterocycles. The van der Waals surface area contributed by atoms with Gasteiger partial charge in [0.25, 0.3) is 0 Å². The Labute approximate surface area is 135 Å². The highest BCUT2D eigenvalue weighted by Crippen LogP contribution is 2.19. The molecule has 0 aliphatic carbocycles. The minimum atomic E-state index is -5.02. The van der Waals surface area contributed by atoms with Gasteiger partial charge in [0, 0.05) is 12.8 Å². The maximum absolute atomic E-state index is 12.2. The molecule has 0 aliphatic rings. The van der Waals surface area contributed by atoms with Crippen LogP contribution in [0, 0.1) is 11.3 Å². The summed E-state index contributed by atoms with van der Waals surface area (Å²) in [6, 6.07) is 6.88. The van der Waals surface area contributed by atoms with E-state index in [0.717, 1.165) is 6.08 Å². The first kappa shape index (κ1) is 19.2. The van der Waals surface area contributed by atoms with E-state index in [1.165, 1.54) is 31.4 Å². The zero-order valence-corrected chi connectivity index (χ0v) is 12.5. The van der Waals surface area contributed by atoms with Crippen molar-refractivity contribution in [3.8, 4) is 6.07 Å². The summed E-state index contributed by atoms with van der Waals surface area (Å²) in [4.78, 5) is 22.5. The van der Waals surface area contributed by atoms with Crippen molar-refractivity contribution >= 4 is 23.6 Å². The molecule has 1 rings (SSSR count). The number of rotatable bonds is 6. The van der Waals surface area contributed by atoms with Gasteiger partial charge in [0.1, 0.15) is 18.2 Å². The monoisotopic (exact) mass is 342 g/mol. The van der Waals surface area contributed by atoms with Crippen molar-refractivity contribution in [2.24, 2.45) is 0 Å². The first-order valence-electron chi connectivity index (χ1n) is 6.54. The first-order chi connectivity index (χ1) is 11.3.